The highest BCUT2D eigenvalue weighted by atomic mass is 16.2. The molecule has 1 heterocycles. The van der Waals surface area contributed by atoms with Gasteiger partial charge in [0.15, 0.2) is 0 Å². The lowest BCUT2D eigenvalue weighted by Gasteiger charge is -2.02. The number of rotatable bonds is 2. The highest BCUT2D eigenvalue weighted by Crippen LogP contribution is 1.98. The van der Waals surface area contributed by atoms with Crippen LogP contribution in [0.2, 0.25) is 0 Å². The number of H-pyrrole nitrogens is 1. The summed E-state index contributed by atoms with van der Waals surface area (Å²) in [4.78, 5) is 27.6. The van der Waals surface area contributed by atoms with Crippen molar-refractivity contribution in [2.24, 2.45) is 0 Å². The minimum atomic E-state index is -0.621. The standard InChI is InChI=1S/C10H9N3O2/c14-9-11-7-13(10(15)12-9)6-8-4-2-1-3-5-8/h1-5,7H,6H2,(H,12,14,15). The molecule has 0 spiro atoms. The maximum Gasteiger partial charge on any atom is 0.350 e. The van der Waals surface area contributed by atoms with Crippen LogP contribution in [-0.2, 0) is 6.54 Å². The maximum absolute atomic E-state index is 11.3. The van der Waals surface area contributed by atoms with Gasteiger partial charge in [-0.1, -0.05) is 30.3 Å². The smallest absolute Gasteiger partial charge is 0.280 e. The second-order valence-electron chi connectivity index (χ2n) is 3.09. The van der Waals surface area contributed by atoms with E-state index in [4.69, 9.17) is 0 Å². The summed E-state index contributed by atoms with van der Waals surface area (Å²) in [5.74, 6) is 0. The van der Waals surface area contributed by atoms with Gasteiger partial charge >= 0.3 is 11.4 Å². The molecule has 0 aliphatic carbocycles. The molecule has 0 aliphatic rings. The Morgan fingerprint density at radius 2 is 1.93 bits per heavy atom. The summed E-state index contributed by atoms with van der Waals surface area (Å²) < 4.78 is 1.34. The summed E-state index contributed by atoms with van der Waals surface area (Å²) in [7, 11) is 0. The third-order valence-electron chi connectivity index (χ3n) is 1.98. The van der Waals surface area contributed by atoms with Crippen molar-refractivity contribution in [3.05, 3.63) is 63.2 Å². The molecule has 76 valence electrons. The number of aromatic nitrogens is 3. The lowest BCUT2D eigenvalue weighted by molar-refractivity contribution is 0.687. The zero-order chi connectivity index (χ0) is 10.7. The van der Waals surface area contributed by atoms with Crippen molar-refractivity contribution in [2.75, 3.05) is 0 Å². The first-order chi connectivity index (χ1) is 7.25. The van der Waals surface area contributed by atoms with Gasteiger partial charge in [0.1, 0.15) is 6.33 Å². The largest absolute Gasteiger partial charge is 0.350 e. The van der Waals surface area contributed by atoms with Gasteiger partial charge < -0.3 is 0 Å². The fourth-order valence-electron chi connectivity index (χ4n) is 1.26. The van der Waals surface area contributed by atoms with Crippen LogP contribution in [0.15, 0.2) is 46.2 Å². The highest BCUT2D eigenvalue weighted by molar-refractivity contribution is 5.14. The summed E-state index contributed by atoms with van der Waals surface area (Å²) >= 11 is 0. The Balaban J connectivity index is 2.33. The second kappa shape index (κ2) is 3.91. The van der Waals surface area contributed by atoms with Crippen molar-refractivity contribution in [2.45, 2.75) is 6.54 Å². The van der Waals surface area contributed by atoms with E-state index in [2.05, 4.69) is 9.97 Å². The summed E-state index contributed by atoms with van der Waals surface area (Å²) in [6, 6.07) is 9.48. The van der Waals surface area contributed by atoms with Gasteiger partial charge in [0, 0.05) is 0 Å². The number of benzene rings is 1. The Bertz CT molecular complexity index is 557. The SMILES string of the molecule is O=c1ncn(Cc2ccccc2)c(=O)[nH]1. The minimum Gasteiger partial charge on any atom is -0.280 e. The minimum absolute atomic E-state index is 0.406. The predicted octanol–water partition coefficient (Wildman–Crippen LogP) is -0.0201. The first-order valence-corrected chi connectivity index (χ1v) is 4.45. The Kier molecular flexibility index (Phi) is 2.45. The maximum atomic E-state index is 11.3. The van der Waals surface area contributed by atoms with Crippen LogP contribution in [-0.4, -0.2) is 14.5 Å². The average molecular weight is 203 g/mol. The van der Waals surface area contributed by atoms with E-state index < -0.39 is 11.4 Å². The van der Waals surface area contributed by atoms with E-state index in [0.717, 1.165) is 5.56 Å². The van der Waals surface area contributed by atoms with Gasteiger partial charge in [0.25, 0.3) is 0 Å². The molecule has 1 N–H and O–H groups in total. The molecule has 2 aromatic rings. The van der Waals surface area contributed by atoms with Gasteiger partial charge in [-0.25, -0.2) is 9.59 Å². The van der Waals surface area contributed by atoms with E-state index in [1.54, 1.807) is 0 Å². The molecule has 0 saturated heterocycles. The summed E-state index contributed by atoms with van der Waals surface area (Å²) in [6.07, 6.45) is 1.24. The summed E-state index contributed by atoms with van der Waals surface area (Å²) in [6.45, 7) is 0.406. The quantitative estimate of drug-likeness (QED) is 0.745. The Morgan fingerprint density at radius 3 is 2.60 bits per heavy atom. The number of hydrogen-bond donors (Lipinski definition) is 1. The van der Waals surface area contributed by atoms with E-state index in [1.807, 2.05) is 30.3 Å². The fourth-order valence-corrected chi connectivity index (χ4v) is 1.26. The molecule has 0 atom stereocenters. The molecule has 1 aromatic carbocycles. The van der Waals surface area contributed by atoms with Crippen LogP contribution in [0.1, 0.15) is 5.56 Å². The van der Waals surface area contributed by atoms with Crippen molar-refractivity contribution in [3.63, 3.8) is 0 Å². The van der Waals surface area contributed by atoms with E-state index in [0.29, 0.717) is 6.54 Å². The molecule has 1 aromatic heterocycles. The summed E-state index contributed by atoms with van der Waals surface area (Å²) in [5, 5.41) is 0. The van der Waals surface area contributed by atoms with E-state index >= 15 is 0 Å². The molecule has 0 fully saturated rings. The fraction of sp³-hybridized carbons (Fsp3) is 0.100. The molecule has 2 rings (SSSR count). The van der Waals surface area contributed by atoms with Crippen molar-refractivity contribution >= 4 is 0 Å². The Labute approximate surface area is 85.0 Å². The van der Waals surface area contributed by atoms with Gasteiger partial charge in [0.05, 0.1) is 6.54 Å². The lowest BCUT2D eigenvalue weighted by Crippen LogP contribution is -2.31. The molecule has 5 heteroatoms. The normalized spacial score (nSPS) is 10.1. The molecule has 0 unspecified atom stereocenters. The van der Waals surface area contributed by atoms with Crippen LogP contribution >= 0.6 is 0 Å². The third kappa shape index (κ3) is 2.19. The lowest BCUT2D eigenvalue weighted by atomic mass is 10.2. The van der Waals surface area contributed by atoms with Gasteiger partial charge in [0.2, 0.25) is 0 Å². The van der Waals surface area contributed by atoms with E-state index in [1.165, 1.54) is 10.9 Å². The number of nitrogens with zero attached hydrogens (tertiary/aromatic N) is 2. The zero-order valence-corrected chi connectivity index (χ0v) is 7.88. The van der Waals surface area contributed by atoms with Crippen molar-refractivity contribution in [1.29, 1.82) is 0 Å². The molecule has 15 heavy (non-hydrogen) atoms. The molecule has 0 saturated carbocycles. The molecule has 0 amide bonds. The van der Waals surface area contributed by atoms with E-state index in [9.17, 15) is 9.59 Å². The number of nitrogens with one attached hydrogen (secondary N) is 1. The van der Waals surface area contributed by atoms with Crippen LogP contribution in [0.5, 0.6) is 0 Å². The van der Waals surface area contributed by atoms with Crippen LogP contribution < -0.4 is 11.4 Å². The van der Waals surface area contributed by atoms with Gasteiger partial charge in [-0.3, -0.25) is 9.55 Å². The molecular weight excluding hydrogens is 194 g/mol. The average Bonchev–Trinajstić information content (AvgIpc) is 2.24. The molecule has 0 radical (unpaired) electrons. The first-order valence-electron chi connectivity index (χ1n) is 4.45. The zero-order valence-electron chi connectivity index (χ0n) is 7.88. The third-order valence-corrected chi connectivity index (χ3v) is 1.98. The molecular formula is C10H9N3O2. The molecule has 0 aliphatic heterocycles. The Morgan fingerprint density at radius 1 is 1.20 bits per heavy atom. The predicted molar refractivity (Wildman–Crippen MR) is 54.7 cm³/mol. The van der Waals surface area contributed by atoms with Crippen molar-refractivity contribution in [1.82, 2.24) is 14.5 Å². The van der Waals surface area contributed by atoms with Gasteiger partial charge in [-0.15, -0.1) is 0 Å². The first kappa shape index (κ1) is 9.39. The van der Waals surface area contributed by atoms with Crippen molar-refractivity contribution < 1.29 is 0 Å². The van der Waals surface area contributed by atoms with Crippen LogP contribution in [0.25, 0.3) is 0 Å². The molecule has 5 nitrogen and oxygen atoms in total. The number of aromatic amines is 1. The van der Waals surface area contributed by atoms with Crippen LogP contribution in [0, 0.1) is 0 Å². The van der Waals surface area contributed by atoms with Gasteiger partial charge in [-0.2, -0.15) is 4.98 Å². The number of hydrogen-bond acceptors (Lipinski definition) is 3. The molecule has 0 bridgehead atoms. The second-order valence-corrected chi connectivity index (χ2v) is 3.09. The van der Waals surface area contributed by atoms with E-state index in [-0.39, 0.29) is 0 Å². The highest BCUT2D eigenvalue weighted by Gasteiger charge is 1.97. The van der Waals surface area contributed by atoms with Crippen LogP contribution in [0.3, 0.4) is 0 Å². The monoisotopic (exact) mass is 203 g/mol. The van der Waals surface area contributed by atoms with Gasteiger partial charge in [-0.05, 0) is 5.56 Å². The topological polar surface area (TPSA) is 67.8 Å². The summed E-state index contributed by atoms with van der Waals surface area (Å²) in [5.41, 5.74) is -0.0865. The Hall–Kier alpha value is -2.17. The van der Waals surface area contributed by atoms with Crippen LogP contribution in [0.4, 0.5) is 0 Å². The van der Waals surface area contributed by atoms with Crippen molar-refractivity contribution in [3.8, 4) is 0 Å².